The highest BCUT2D eigenvalue weighted by atomic mass is 16.2. The number of carbonyl (C=O) groups is 1. The zero-order valence-corrected chi connectivity index (χ0v) is 17.3. The number of rotatable bonds is 5. The summed E-state index contributed by atoms with van der Waals surface area (Å²) in [7, 11) is 0. The molecule has 1 atom stereocenters. The largest absolute Gasteiger partial charge is 0.338 e. The predicted molar refractivity (Wildman–Crippen MR) is 112 cm³/mol. The van der Waals surface area contributed by atoms with Gasteiger partial charge in [-0.05, 0) is 69.7 Å². The number of aromatic nitrogens is 2. The molecule has 1 aliphatic rings. The number of hydrogen-bond donors (Lipinski definition) is 1. The van der Waals surface area contributed by atoms with Crippen molar-refractivity contribution in [2.24, 2.45) is 0 Å². The Bertz CT molecular complexity index is 899. The maximum absolute atomic E-state index is 13.0. The van der Waals surface area contributed by atoms with Gasteiger partial charge in [0.15, 0.2) is 0 Å². The molecular weight excluding hydrogens is 352 g/mol. The van der Waals surface area contributed by atoms with Gasteiger partial charge >= 0.3 is 0 Å². The summed E-state index contributed by atoms with van der Waals surface area (Å²) in [4.78, 5) is 32.1. The summed E-state index contributed by atoms with van der Waals surface area (Å²) in [5.74, 6) is 0.399. The van der Waals surface area contributed by atoms with Crippen LogP contribution in [0.3, 0.4) is 0 Å². The molecular formula is C22H30N4O2. The first-order valence-electron chi connectivity index (χ1n) is 10.1. The summed E-state index contributed by atoms with van der Waals surface area (Å²) < 4.78 is 1.45. The van der Waals surface area contributed by atoms with Crippen molar-refractivity contribution in [2.45, 2.75) is 66.0 Å². The first kappa shape index (κ1) is 20.1. The topological polar surface area (TPSA) is 67.2 Å². The average molecular weight is 383 g/mol. The van der Waals surface area contributed by atoms with Gasteiger partial charge in [-0.1, -0.05) is 13.0 Å². The second-order valence-corrected chi connectivity index (χ2v) is 7.79. The van der Waals surface area contributed by atoms with Gasteiger partial charge in [0.1, 0.15) is 6.54 Å². The molecule has 2 heterocycles. The minimum absolute atomic E-state index is 0.00967. The van der Waals surface area contributed by atoms with E-state index in [1.165, 1.54) is 10.6 Å². The average Bonchev–Trinajstić information content (AvgIpc) is 2.63. The summed E-state index contributed by atoms with van der Waals surface area (Å²) in [6.45, 7) is 8.74. The molecule has 1 unspecified atom stereocenters. The number of piperidine rings is 1. The van der Waals surface area contributed by atoms with Gasteiger partial charge in [-0.2, -0.15) is 0 Å². The Kier molecular flexibility index (Phi) is 6.17. The Balaban J connectivity index is 1.90. The van der Waals surface area contributed by atoms with Crippen molar-refractivity contribution in [1.82, 2.24) is 14.5 Å². The lowest BCUT2D eigenvalue weighted by Gasteiger charge is -2.35. The Morgan fingerprint density at radius 1 is 1.14 bits per heavy atom. The van der Waals surface area contributed by atoms with Gasteiger partial charge in [0.2, 0.25) is 11.9 Å². The zero-order valence-electron chi connectivity index (χ0n) is 17.3. The molecule has 1 amide bonds. The van der Waals surface area contributed by atoms with Crippen LogP contribution in [-0.4, -0.2) is 32.9 Å². The van der Waals surface area contributed by atoms with Gasteiger partial charge in [-0.3, -0.25) is 14.2 Å². The minimum atomic E-state index is -0.210. The summed E-state index contributed by atoms with van der Waals surface area (Å²) in [6, 6.07) is 7.85. The van der Waals surface area contributed by atoms with E-state index in [0.717, 1.165) is 49.0 Å². The Labute approximate surface area is 166 Å². The lowest BCUT2D eigenvalue weighted by atomic mass is 10.00. The molecule has 1 saturated heterocycles. The zero-order chi connectivity index (χ0) is 20.3. The van der Waals surface area contributed by atoms with Crippen molar-refractivity contribution >= 4 is 17.5 Å². The summed E-state index contributed by atoms with van der Waals surface area (Å²) in [5, 5.41) is 3.25. The van der Waals surface area contributed by atoms with Crippen LogP contribution in [0.2, 0.25) is 0 Å². The van der Waals surface area contributed by atoms with E-state index in [0.29, 0.717) is 11.6 Å². The Hall–Kier alpha value is -2.63. The Morgan fingerprint density at radius 3 is 2.54 bits per heavy atom. The minimum Gasteiger partial charge on any atom is -0.338 e. The van der Waals surface area contributed by atoms with E-state index in [4.69, 9.17) is 0 Å². The smallest absolute Gasteiger partial charge is 0.255 e. The van der Waals surface area contributed by atoms with E-state index in [1.807, 2.05) is 30.9 Å². The molecule has 0 aliphatic carbocycles. The van der Waals surface area contributed by atoms with E-state index < -0.39 is 0 Å². The van der Waals surface area contributed by atoms with Gasteiger partial charge in [-0.25, -0.2) is 4.98 Å². The van der Waals surface area contributed by atoms with Crippen LogP contribution in [0.15, 0.2) is 29.1 Å². The lowest BCUT2D eigenvalue weighted by molar-refractivity contribution is -0.135. The van der Waals surface area contributed by atoms with E-state index >= 15 is 0 Å². The first-order chi connectivity index (χ1) is 13.4. The predicted octanol–water partition coefficient (Wildman–Crippen LogP) is 3.70. The normalized spacial score (nSPS) is 16.9. The van der Waals surface area contributed by atoms with Crippen LogP contribution in [-0.2, 0) is 11.3 Å². The number of aryl methyl sites for hydroxylation is 3. The molecule has 0 saturated carbocycles. The lowest BCUT2D eigenvalue weighted by Crippen LogP contribution is -2.46. The maximum atomic E-state index is 13.0. The van der Waals surface area contributed by atoms with Crippen molar-refractivity contribution in [2.75, 3.05) is 11.9 Å². The highest BCUT2D eigenvalue weighted by Gasteiger charge is 2.26. The van der Waals surface area contributed by atoms with Crippen LogP contribution in [0.25, 0.3) is 0 Å². The molecule has 1 aromatic carbocycles. The SMILES string of the molecule is CCC1CCCCN1C(=O)Cn1c(Nc2cc(C)cc(C)c2)nc(C)cc1=O. The molecule has 1 fully saturated rings. The molecule has 0 radical (unpaired) electrons. The number of benzene rings is 1. The second-order valence-electron chi connectivity index (χ2n) is 7.79. The summed E-state index contributed by atoms with van der Waals surface area (Å²) in [5.41, 5.74) is 3.53. The maximum Gasteiger partial charge on any atom is 0.255 e. The number of carbonyl (C=O) groups excluding carboxylic acids is 1. The second kappa shape index (κ2) is 8.59. The first-order valence-corrected chi connectivity index (χ1v) is 10.1. The number of nitrogens with one attached hydrogen (secondary N) is 1. The number of likely N-dealkylation sites (tertiary alicyclic amines) is 1. The van der Waals surface area contributed by atoms with Crippen LogP contribution in [0.4, 0.5) is 11.6 Å². The molecule has 28 heavy (non-hydrogen) atoms. The van der Waals surface area contributed by atoms with Crippen LogP contribution in [0.1, 0.15) is 49.4 Å². The third-order valence-electron chi connectivity index (χ3n) is 5.33. The quantitative estimate of drug-likeness (QED) is 0.856. The van der Waals surface area contributed by atoms with E-state index in [1.54, 1.807) is 6.92 Å². The molecule has 6 nitrogen and oxygen atoms in total. The highest BCUT2D eigenvalue weighted by Crippen LogP contribution is 2.21. The van der Waals surface area contributed by atoms with Crippen molar-refractivity contribution in [1.29, 1.82) is 0 Å². The molecule has 150 valence electrons. The van der Waals surface area contributed by atoms with Crippen LogP contribution >= 0.6 is 0 Å². The van der Waals surface area contributed by atoms with E-state index in [-0.39, 0.29) is 24.1 Å². The fourth-order valence-corrected chi connectivity index (χ4v) is 4.02. The monoisotopic (exact) mass is 382 g/mol. The van der Waals surface area contributed by atoms with Gasteiger partial charge in [0.05, 0.1) is 0 Å². The van der Waals surface area contributed by atoms with Crippen LogP contribution in [0, 0.1) is 20.8 Å². The van der Waals surface area contributed by atoms with Crippen molar-refractivity contribution < 1.29 is 4.79 Å². The highest BCUT2D eigenvalue weighted by molar-refractivity contribution is 5.77. The molecule has 6 heteroatoms. The molecule has 3 rings (SSSR count). The van der Waals surface area contributed by atoms with Gasteiger partial charge in [0, 0.05) is 30.0 Å². The third kappa shape index (κ3) is 4.61. The van der Waals surface area contributed by atoms with Crippen LogP contribution in [0.5, 0.6) is 0 Å². The summed E-state index contributed by atoms with van der Waals surface area (Å²) >= 11 is 0. The van der Waals surface area contributed by atoms with E-state index in [9.17, 15) is 9.59 Å². The Morgan fingerprint density at radius 2 is 1.86 bits per heavy atom. The fourth-order valence-electron chi connectivity index (χ4n) is 4.02. The number of hydrogen-bond acceptors (Lipinski definition) is 4. The van der Waals surface area contributed by atoms with Gasteiger partial charge in [-0.15, -0.1) is 0 Å². The molecule has 1 aromatic heterocycles. The number of anilines is 2. The van der Waals surface area contributed by atoms with Crippen molar-refractivity contribution in [3.8, 4) is 0 Å². The number of amides is 1. The van der Waals surface area contributed by atoms with Crippen molar-refractivity contribution in [3.05, 3.63) is 51.4 Å². The van der Waals surface area contributed by atoms with Crippen molar-refractivity contribution in [3.63, 3.8) is 0 Å². The van der Waals surface area contributed by atoms with Crippen LogP contribution < -0.4 is 10.9 Å². The fraction of sp³-hybridized carbons (Fsp3) is 0.500. The van der Waals surface area contributed by atoms with E-state index in [2.05, 4.69) is 23.3 Å². The molecule has 0 spiro atoms. The molecule has 0 bridgehead atoms. The standard InChI is InChI=1S/C22H30N4O2/c1-5-19-8-6-7-9-25(19)21(28)14-26-20(27)13-17(4)23-22(26)24-18-11-15(2)10-16(3)12-18/h10-13,19H,5-9,14H2,1-4H3,(H,23,24). The van der Waals surface area contributed by atoms with Gasteiger partial charge < -0.3 is 10.2 Å². The molecule has 1 N–H and O–H groups in total. The van der Waals surface area contributed by atoms with Gasteiger partial charge in [0.25, 0.3) is 5.56 Å². The third-order valence-corrected chi connectivity index (χ3v) is 5.33. The summed E-state index contributed by atoms with van der Waals surface area (Å²) in [6.07, 6.45) is 4.17. The molecule has 2 aromatic rings. The molecule has 1 aliphatic heterocycles. The number of nitrogens with zero attached hydrogens (tertiary/aromatic N) is 3.